The number of fused-ring (bicyclic) bond motifs is 1. The molecule has 2 aromatic carbocycles. The third-order valence-corrected chi connectivity index (χ3v) is 3.63. The zero-order valence-electron chi connectivity index (χ0n) is 12.1. The number of nitrogens with zero attached hydrogens (tertiary/aromatic N) is 1. The molecule has 0 fully saturated rings. The maximum atomic E-state index is 3.48. The number of benzene rings is 2. The third kappa shape index (κ3) is 2.69. The van der Waals surface area contributed by atoms with Gasteiger partial charge >= 0.3 is 0 Å². The summed E-state index contributed by atoms with van der Waals surface area (Å²) in [6, 6.07) is 17.3. The molecule has 0 amide bonds. The molecule has 3 rings (SSSR count). The van der Waals surface area contributed by atoms with Gasteiger partial charge in [-0.15, -0.1) is 0 Å². The molecule has 0 saturated carbocycles. The van der Waals surface area contributed by atoms with E-state index in [9.17, 15) is 0 Å². The van der Waals surface area contributed by atoms with E-state index in [1.54, 1.807) is 0 Å². The summed E-state index contributed by atoms with van der Waals surface area (Å²) >= 11 is 0. The molecule has 0 bridgehead atoms. The van der Waals surface area contributed by atoms with Crippen molar-refractivity contribution in [1.29, 1.82) is 0 Å². The van der Waals surface area contributed by atoms with Crippen molar-refractivity contribution >= 4 is 16.6 Å². The summed E-state index contributed by atoms with van der Waals surface area (Å²) < 4.78 is 2.31. The Morgan fingerprint density at radius 3 is 2.65 bits per heavy atom. The molecule has 0 aliphatic carbocycles. The summed E-state index contributed by atoms with van der Waals surface area (Å²) in [7, 11) is 0. The lowest BCUT2D eigenvalue weighted by molar-refractivity contribution is 0.757. The molecule has 0 atom stereocenters. The Hall–Kier alpha value is -2.22. The van der Waals surface area contributed by atoms with Gasteiger partial charge in [0.05, 0.1) is 0 Å². The predicted octanol–water partition coefficient (Wildman–Crippen LogP) is 4.37. The van der Waals surface area contributed by atoms with E-state index < -0.39 is 0 Å². The molecular formula is C18H20N2. The summed E-state index contributed by atoms with van der Waals surface area (Å²) in [6.45, 7) is 6.16. The topological polar surface area (TPSA) is 17.0 Å². The van der Waals surface area contributed by atoms with Gasteiger partial charge in [0.15, 0.2) is 0 Å². The van der Waals surface area contributed by atoms with Crippen molar-refractivity contribution in [2.75, 3.05) is 11.9 Å². The minimum absolute atomic E-state index is 0.932. The van der Waals surface area contributed by atoms with Gasteiger partial charge in [0.25, 0.3) is 0 Å². The van der Waals surface area contributed by atoms with Gasteiger partial charge in [-0.1, -0.05) is 24.3 Å². The molecule has 1 N–H and O–H groups in total. The van der Waals surface area contributed by atoms with E-state index in [2.05, 4.69) is 78.5 Å². The number of anilines is 1. The molecule has 0 radical (unpaired) electrons. The first-order valence-electron chi connectivity index (χ1n) is 7.08. The normalized spacial score (nSPS) is 10.9. The number of aromatic nitrogens is 1. The lowest BCUT2D eigenvalue weighted by atomic mass is 10.2. The second-order valence-corrected chi connectivity index (χ2v) is 5.37. The van der Waals surface area contributed by atoms with Crippen LogP contribution in [0.15, 0.2) is 54.7 Å². The molecule has 1 aromatic heterocycles. The first kappa shape index (κ1) is 12.8. The minimum Gasteiger partial charge on any atom is -0.383 e. The SMILES string of the molecule is Cc1cccc(NCCn2ccc3ccc(C)cc32)c1. The van der Waals surface area contributed by atoms with Crippen LogP contribution < -0.4 is 5.32 Å². The summed E-state index contributed by atoms with van der Waals surface area (Å²) in [6.07, 6.45) is 2.17. The van der Waals surface area contributed by atoms with Crippen molar-refractivity contribution in [3.05, 3.63) is 65.9 Å². The second-order valence-electron chi connectivity index (χ2n) is 5.37. The van der Waals surface area contributed by atoms with Crippen molar-refractivity contribution in [2.45, 2.75) is 20.4 Å². The van der Waals surface area contributed by atoms with Gasteiger partial charge in [0.2, 0.25) is 0 Å². The van der Waals surface area contributed by atoms with Gasteiger partial charge in [-0.25, -0.2) is 0 Å². The smallest absolute Gasteiger partial charge is 0.0483 e. The van der Waals surface area contributed by atoms with Crippen LogP contribution in [-0.2, 0) is 6.54 Å². The molecule has 0 spiro atoms. The largest absolute Gasteiger partial charge is 0.383 e. The van der Waals surface area contributed by atoms with Gasteiger partial charge in [-0.2, -0.15) is 0 Å². The average Bonchev–Trinajstić information content (AvgIpc) is 2.82. The summed E-state index contributed by atoms with van der Waals surface area (Å²) in [5.74, 6) is 0. The second kappa shape index (κ2) is 5.41. The highest BCUT2D eigenvalue weighted by Crippen LogP contribution is 2.17. The molecule has 2 heteroatoms. The van der Waals surface area contributed by atoms with Gasteiger partial charge in [0, 0.05) is 30.5 Å². The molecular weight excluding hydrogens is 244 g/mol. The zero-order chi connectivity index (χ0) is 13.9. The van der Waals surface area contributed by atoms with Crippen LogP contribution in [-0.4, -0.2) is 11.1 Å². The third-order valence-electron chi connectivity index (χ3n) is 3.63. The van der Waals surface area contributed by atoms with Crippen molar-refractivity contribution in [3.8, 4) is 0 Å². The van der Waals surface area contributed by atoms with Crippen molar-refractivity contribution in [2.24, 2.45) is 0 Å². The average molecular weight is 264 g/mol. The highest BCUT2D eigenvalue weighted by Gasteiger charge is 2.01. The van der Waals surface area contributed by atoms with E-state index in [1.165, 1.54) is 27.7 Å². The monoisotopic (exact) mass is 264 g/mol. The number of nitrogens with one attached hydrogen (secondary N) is 1. The molecule has 1 heterocycles. The molecule has 3 aromatic rings. The van der Waals surface area contributed by atoms with Crippen molar-refractivity contribution < 1.29 is 0 Å². The van der Waals surface area contributed by atoms with Gasteiger partial charge in [0.1, 0.15) is 0 Å². The Kier molecular flexibility index (Phi) is 3.46. The van der Waals surface area contributed by atoms with E-state index in [4.69, 9.17) is 0 Å². The van der Waals surface area contributed by atoms with Crippen LogP contribution in [0.25, 0.3) is 10.9 Å². The first-order valence-corrected chi connectivity index (χ1v) is 7.08. The van der Waals surface area contributed by atoms with Crippen molar-refractivity contribution in [3.63, 3.8) is 0 Å². The van der Waals surface area contributed by atoms with E-state index in [1.807, 2.05) is 0 Å². The molecule has 20 heavy (non-hydrogen) atoms. The Labute approximate surface area is 120 Å². The van der Waals surface area contributed by atoms with Gasteiger partial charge < -0.3 is 9.88 Å². The van der Waals surface area contributed by atoms with Crippen LogP contribution in [0.1, 0.15) is 11.1 Å². The molecule has 0 unspecified atom stereocenters. The van der Waals surface area contributed by atoms with Gasteiger partial charge in [-0.3, -0.25) is 0 Å². The maximum Gasteiger partial charge on any atom is 0.0483 e. The Balaban J connectivity index is 1.69. The predicted molar refractivity (Wildman–Crippen MR) is 86.3 cm³/mol. The molecule has 2 nitrogen and oxygen atoms in total. The minimum atomic E-state index is 0.932. The summed E-state index contributed by atoms with van der Waals surface area (Å²) in [5, 5.41) is 4.79. The fourth-order valence-corrected chi connectivity index (χ4v) is 2.56. The lowest BCUT2D eigenvalue weighted by Crippen LogP contribution is -2.09. The Morgan fingerprint density at radius 2 is 1.80 bits per heavy atom. The summed E-state index contributed by atoms with van der Waals surface area (Å²) in [5.41, 5.74) is 5.11. The highest BCUT2D eigenvalue weighted by atomic mass is 15.0. The van der Waals surface area contributed by atoms with E-state index in [0.29, 0.717) is 0 Å². The number of aryl methyl sites for hydroxylation is 2. The zero-order valence-corrected chi connectivity index (χ0v) is 12.1. The molecule has 0 saturated heterocycles. The standard InChI is InChI=1S/C18H20N2/c1-14-4-3-5-17(12-14)19-9-11-20-10-8-16-7-6-15(2)13-18(16)20/h3-8,10,12-13,19H,9,11H2,1-2H3. The number of hydrogen-bond acceptors (Lipinski definition) is 1. The molecule has 0 aliphatic rings. The maximum absolute atomic E-state index is 3.48. The van der Waals surface area contributed by atoms with Crippen LogP contribution in [0.5, 0.6) is 0 Å². The fraction of sp³-hybridized carbons (Fsp3) is 0.222. The fourth-order valence-electron chi connectivity index (χ4n) is 2.56. The van der Waals surface area contributed by atoms with Crippen LogP contribution in [0.3, 0.4) is 0 Å². The Bertz CT molecular complexity index is 725. The first-order chi connectivity index (χ1) is 9.72. The molecule has 0 aliphatic heterocycles. The van der Waals surface area contributed by atoms with E-state index >= 15 is 0 Å². The number of rotatable bonds is 4. The Morgan fingerprint density at radius 1 is 0.950 bits per heavy atom. The highest BCUT2D eigenvalue weighted by molar-refractivity contribution is 5.80. The van der Waals surface area contributed by atoms with Crippen molar-refractivity contribution in [1.82, 2.24) is 4.57 Å². The van der Waals surface area contributed by atoms with E-state index in [0.717, 1.165) is 13.1 Å². The quantitative estimate of drug-likeness (QED) is 0.740. The van der Waals surface area contributed by atoms with E-state index in [-0.39, 0.29) is 0 Å². The van der Waals surface area contributed by atoms with Crippen LogP contribution >= 0.6 is 0 Å². The number of hydrogen-bond donors (Lipinski definition) is 1. The molecule has 102 valence electrons. The van der Waals surface area contributed by atoms with Crippen LogP contribution in [0.4, 0.5) is 5.69 Å². The van der Waals surface area contributed by atoms with Crippen LogP contribution in [0, 0.1) is 13.8 Å². The van der Waals surface area contributed by atoms with Crippen LogP contribution in [0.2, 0.25) is 0 Å². The summed E-state index contributed by atoms with van der Waals surface area (Å²) in [4.78, 5) is 0. The lowest BCUT2D eigenvalue weighted by Gasteiger charge is -2.09. The van der Waals surface area contributed by atoms with Gasteiger partial charge in [-0.05, 0) is 54.6 Å².